The maximum Gasteiger partial charge on any atom is 0.113 e. The van der Waals surface area contributed by atoms with Crippen LogP contribution >= 0.6 is 0 Å². The third-order valence-electron chi connectivity index (χ3n) is 5.81. The lowest BCUT2D eigenvalue weighted by molar-refractivity contribution is -0.0326. The highest BCUT2D eigenvalue weighted by molar-refractivity contribution is 4.67. The van der Waals surface area contributed by atoms with Gasteiger partial charge >= 0.3 is 0 Å². The van der Waals surface area contributed by atoms with E-state index in [-0.39, 0.29) is 6.61 Å². The Kier molecular flexibility index (Phi) is 33.7. The summed E-state index contributed by atoms with van der Waals surface area (Å²) in [5, 5.41) is 3.32. The van der Waals surface area contributed by atoms with Gasteiger partial charge in [0.2, 0.25) is 0 Å². The van der Waals surface area contributed by atoms with Crippen LogP contribution in [0.5, 0.6) is 0 Å². The average molecular weight is 632 g/mol. The van der Waals surface area contributed by atoms with E-state index in [9.17, 15) is 4.39 Å². The molecule has 1 aliphatic rings. The summed E-state index contributed by atoms with van der Waals surface area (Å²) in [4.78, 5) is 0. The number of halogens is 1. The summed E-state index contributed by atoms with van der Waals surface area (Å²) >= 11 is 0. The Labute approximate surface area is 257 Å². The van der Waals surface area contributed by atoms with Gasteiger partial charge in [-0.3, -0.25) is 0 Å². The average Bonchev–Trinajstić information content (AvgIpc) is 3.03. The third-order valence-corrected chi connectivity index (χ3v) is 5.81. The molecule has 0 aromatic heterocycles. The van der Waals surface area contributed by atoms with Gasteiger partial charge < -0.3 is 62.2 Å². The van der Waals surface area contributed by atoms with Gasteiger partial charge in [0.15, 0.2) is 0 Å². The van der Waals surface area contributed by atoms with Crippen molar-refractivity contribution in [2.45, 2.75) is 18.9 Å². The zero-order valence-electron chi connectivity index (χ0n) is 26.2. The van der Waals surface area contributed by atoms with Crippen molar-refractivity contribution < 1.29 is 61.2 Å². The van der Waals surface area contributed by atoms with Crippen molar-refractivity contribution in [3.8, 4) is 0 Å². The molecule has 1 heterocycles. The normalized spacial score (nSPS) is 14.2. The molecule has 13 nitrogen and oxygen atoms in total. The zero-order chi connectivity index (χ0) is 30.6. The lowest BCUT2D eigenvalue weighted by Gasteiger charge is -2.22. The highest BCUT2D eigenvalue weighted by atomic mass is 19.1. The number of alkyl halides is 1. The van der Waals surface area contributed by atoms with E-state index in [1.807, 2.05) is 0 Å². The molecule has 0 saturated carbocycles. The van der Waals surface area contributed by atoms with Crippen molar-refractivity contribution in [2.75, 3.05) is 172 Å². The summed E-state index contributed by atoms with van der Waals surface area (Å²) < 4.78 is 77.0. The van der Waals surface area contributed by atoms with Gasteiger partial charge in [0.05, 0.1) is 158 Å². The number of piperidine rings is 1. The first kappa shape index (κ1) is 40.4. The Balaban J connectivity index is 1.60. The van der Waals surface area contributed by atoms with Crippen LogP contribution in [0, 0.1) is 0 Å². The molecular weight excluding hydrogens is 573 g/mol. The van der Waals surface area contributed by atoms with Gasteiger partial charge in [0, 0.05) is 0 Å². The second-order valence-electron chi connectivity index (χ2n) is 9.25. The van der Waals surface area contributed by atoms with Crippen molar-refractivity contribution in [3.63, 3.8) is 0 Å². The molecule has 0 aromatic carbocycles. The van der Waals surface area contributed by atoms with Crippen molar-refractivity contribution in [1.29, 1.82) is 0 Å². The van der Waals surface area contributed by atoms with Gasteiger partial charge in [-0.2, -0.15) is 0 Å². The van der Waals surface area contributed by atoms with Crippen molar-refractivity contribution >= 4 is 0 Å². The van der Waals surface area contributed by atoms with E-state index in [1.165, 1.54) is 0 Å². The largest absolute Gasteiger partial charge is 0.377 e. The minimum Gasteiger partial charge on any atom is -0.377 e. The second kappa shape index (κ2) is 35.9. The molecule has 258 valence electrons. The van der Waals surface area contributed by atoms with Crippen LogP contribution in [0.4, 0.5) is 4.39 Å². The minimum atomic E-state index is -0.473. The Morgan fingerprint density at radius 1 is 0.349 bits per heavy atom. The molecule has 0 radical (unpaired) electrons. The van der Waals surface area contributed by atoms with Crippen LogP contribution in [0.25, 0.3) is 0 Å². The monoisotopic (exact) mass is 631 g/mol. The van der Waals surface area contributed by atoms with Gasteiger partial charge in [-0.05, 0) is 25.9 Å². The number of rotatable bonds is 36. The fraction of sp³-hybridized carbons (Fsp3) is 1.00. The summed E-state index contributed by atoms with van der Waals surface area (Å²) in [6.07, 6.45) is 2.53. The Morgan fingerprint density at radius 2 is 0.581 bits per heavy atom. The Hall–Kier alpha value is -0.590. The summed E-state index contributed by atoms with van der Waals surface area (Å²) in [6, 6.07) is 0. The molecule has 0 atom stereocenters. The predicted molar refractivity (Wildman–Crippen MR) is 157 cm³/mol. The van der Waals surface area contributed by atoms with E-state index >= 15 is 0 Å². The predicted octanol–water partition coefficient (Wildman–Crippen LogP) is 0.907. The van der Waals surface area contributed by atoms with E-state index in [2.05, 4.69) is 5.32 Å². The highest BCUT2D eigenvalue weighted by Gasteiger charge is 2.12. The number of hydrogen-bond acceptors (Lipinski definition) is 13. The fourth-order valence-corrected chi connectivity index (χ4v) is 3.59. The first-order chi connectivity index (χ1) is 21.4. The van der Waals surface area contributed by atoms with Crippen LogP contribution in [0.1, 0.15) is 12.8 Å². The van der Waals surface area contributed by atoms with E-state index in [4.69, 9.17) is 56.8 Å². The van der Waals surface area contributed by atoms with E-state index in [0.717, 1.165) is 25.9 Å². The lowest BCUT2D eigenvalue weighted by atomic mass is 10.1. The maximum atomic E-state index is 11.8. The summed E-state index contributed by atoms with van der Waals surface area (Å²) in [7, 11) is 0. The Bertz CT molecular complexity index is 524. The summed E-state index contributed by atoms with van der Waals surface area (Å²) in [5.74, 6) is 0. The van der Waals surface area contributed by atoms with Crippen molar-refractivity contribution in [2.24, 2.45) is 0 Å². The van der Waals surface area contributed by atoms with Crippen LogP contribution in [-0.2, 0) is 56.8 Å². The molecule has 1 rings (SSSR count). The molecule has 0 bridgehead atoms. The standard InChI is InChI=1S/C29H58FNO12/c30-3-6-32-7-8-33-9-10-34-11-12-35-13-14-36-15-16-37-17-18-38-19-20-39-21-22-40-23-24-41-25-26-42-27-28-43-29-1-4-31-5-2-29/h29,31H,1-28H2. The molecule has 0 unspecified atom stereocenters. The molecule has 43 heavy (non-hydrogen) atoms. The molecular formula is C29H58FNO12. The van der Waals surface area contributed by atoms with Gasteiger partial charge in [0.1, 0.15) is 6.67 Å². The van der Waals surface area contributed by atoms with Gasteiger partial charge in [-0.1, -0.05) is 0 Å². The topological polar surface area (TPSA) is 123 Å². The lowest BCUT2D eigenvalue weighted by Crippen LogP contribution is -2.33. The SMILES string of the molecule is FCCOCCOCCOCCOCCOCCOCCOCCOCCOCCOCCOCCOC1CCNCC1. The van der Waals surface area contributed by atoms with Crippen molar-refractivity contribution in [1.82, 2.24) is 5.32 Å². The smallest absolute Gasteiger partial charge is 0.113 e. The molecule has 14 heteroatoms. The number of ether oxygens (including phenoxy) is 12. The molecule has 1 fully saturated rings. The number of hydrogen-bond donors (Lipinski definition) is 1. The van der Waals surface area contributed by atoms with E-state index in [0.29, 0.717) is 151 Å². The maximum absolute atomic E-state index is 11.8. The molecule has 1 N–H and O–H groups in total. The van der Waals surface area contributed by atoms with Crippen LogP contribution in [0.3, 0.4) is 0 Å². The quantitative estimate of drug-likeness (QED) is 0.0987. The molecule has 0 aromatic rings. The molecule has 1 saturated heterocycles. The van der Waals surface area contributed by atoms with Crippen LogP contribution in [-0.4, -0.2) is 178 Å². The molecule has 1 aliphatic heterocycles. The first-order valence-corrected chi connectivity index (χ1v) is 15.7. The highest BCUT2D eigenvalue weighted by Crippen LogP contribution is 2.06. The van der Waals surface area contributed by atoms with Crippen LogP contribution in [0.15, 0.2) is 0 Å². The van der Waals surface area contributed by atoms with Crippen molar-refractivity contribution in [3.05, 3.63) is 0 Å². The molecule has 0 spiro atoms. The summed E-state index contributed by atoms with van der Waals surface area (Å²) in [5.41, 5.74) is 0. The first-order valence-electron chi connectivity index (χ1n) is 15.7. The molecule has 0 amide bonds. The number of nitrogens with one attached hydrogen (secondary N) is 1. The third kappa shape index (κ3) is 32.6. The minimum absolute atomic E-state index is 0.115. The zero-order valence-corrected chi connectivity index (χ0v) is 26.2. The summed E-state index contributed by atoms with van der Waals surface area (Å²) in [6.45, 7) is 13.0. The Morgan fingerprint density at radius 3 is 0.837 bits per heavy atom. The van der Waals surface area contributed by atoms with E-state index in [1.54, 1.807) is 0 Å². The fourth-order valence-electron chi connectivity index (χ4n) is 3.59. The molecule has 0 aliphatic carbocycles. The van der Waals surface area contributed by atoms with Gasteiger partial charge in [-0.25, -0.2) is 4.39 Å². The van der Waals surface area contributed by atoms with Crippen LogP contribution in [0.2, 0.25) is 0 Å². The van der Waals surface area contributed by atoms with Gasteiger partial charge in [0.25, 0.3) is 0 Å². The van der Waals surface area contributed by atoms with E-state index < -0.39 is 6.67 Å². The van der Waals surface area contributed by atoms with Gasteiger partial charge in [-0.15, -0.1) is 0 Å². The van der Waals surface area contributed by atoms with Crippen LogP contribution < -0.4 is 5.32 Å². The second-order valence-corrected chi connectivity index (χ2v) is 9.25.